The zero-order chi connectivity index (χ0) is 18.1. The Labute approximate surface area is 168 Å². The van der Waals surface area contributed by atoms with Gasteiger partial charge >= 0.3 is 0 Å². The van der Waals surface area contributed by atoms with E-state index >= 15 is 0 Å². The SMILES string of the molecule is Fc1ccccc1[C@H]1CC(c2ccc(Br)cc2)=NN1c1ccccc1Br. The first-order chi connectivity index (χ1) is 12.6. The summed E-state index contributed by atoms with van der Waals surface area (Å²) in [5.41, 5.74) is 3.57. The monoisotopic (exact) mass is 472 g/mol. The normalized spacial score (nSPS) is 16.7. The molecule has 1 heterocycles. The first-order valence-electron chi connectivity index (χ1n) is 8.25. The molecule has 0 unspecified atom stereocenters. The molecule has 0 radical (unpaired) electrons. The second-order valence-corrected chi connectivity index (χ2v) is 7.86. The molecule has 0 bridgehead atoms. The molecule has 4 rings (SSSR count). The molecule has 1 aliphatic heterocycles. The molecule has 3 aromatic carbocycles. The summed E-state index contributed by atoms with van der Waals surface area (Å²) in [6, 6.07) is 22.7. The minimum absolute atomic E-state index is 0.187. The van der Waals surface area contributed by atoms with Gasteiger partial charge in [-0.15, -0.1) is 0 Å². The maximum absolute atomic E-state index is 14.5. The van der Waals surface area contributed by atoms with E-state index in [1.807, 2.05) is 65.7 Å². The molecule has 0 N–H and O–H groups in total. The Kier molecular flexibility index (Phi) is 4.92. The number of rotatable bonds is 3. The fourth-order valence-corrected chi connectivity index (χ4v) is 3.91. The molecular weight excluding hydrogens is 459 g/mol. The van der Waals surface area contributed by atoms with E-state index in [-0.39, 0.29) is 11.9 Å². The summed E-state index contributed by atoms with van der Waals surface area (Å²) in [5.74, 6) is -0.207. The highest BCUT2D eigenvalue weighted by Crippen LogP contribution is 2.40. The van der Waals surface area contributed by atoms with E-state index in [4.69, 9.17) is 5.10 Å². The van der Waals surface area contributed by atoms with Crippen LogP contribution in [0.15, 0.2) is 86.8 Å². The van der Waals surface area contributed by atoms with Gasteiger partial charge in [-0.25, -0.2) is 4.39 Å². The summed E-state index contributed by atoms with van der Waals surface area (Å²) in [6.07, 6.45) is 0.643. The van der Waals surface area contributed by atoms with Crippen LogP contribution >= 0.6 is 31.9 Å². The van der Waals surface area contributed by atoms with E-state index in [0.29, 0.717) is 12.0 Å². The molecule has 0 spiro atoms. The van der Waals surface area contributed by atoms with Crippen molar-refractivity contribution in [3.05, 3.63) is 98.7 Å². The van der Waals surface area contributed by atoms with Crippen LogP contribution < -0.4 is 5.01 Å². The number of hydrazone groups is 1. The highest BCUT2D eigenvalue weighted by atomic mass is 79.9. The molecule has 1 aliphatic rings. The molecular formula is C21H15Br2FN2. The van der Waals surface area contributed by atoms with Crippen LogP contribution in [0.3, 0.4) is 0 Å². The lowest BCUT2D eigenvalue weighted by Gasteiger charge is -2.25. The molecule has 0 saturated carbocycles. The molecule has 0 saturated heterocycles. The zero-order valence-corrected chi connectivity index (χ0v) is 16.9. The van der Waals surface area contributed by atoms with E-state index in [1.54, 1.807) is 6.07 Å². The number of hydrogen-bond donors (Lipinski definition) is 0. The van der Waals surface area contributed by atoms with Crippen molar-refractivity contribution >= 4 is 43.3 Å². The van der Waals surface area contributed by atoms with Gasteiger partial charge in [-0.1, -0.05) is 58.4 Å². The molecule has 3 aromatic rings. The molecule has 0 fully saturated rings. The van der Waals surface area contributed by atoms with Crippen molar-refractivity contribution in [1.29, 1.82) is 0 Å². The third kappa shape index (κ3) is 3.33. The number of anilines is 1. The summed E-state index contributed by atoms with van der Waals surface area (Å²) >= 11 is 7.06. The standard InChI is InChI=1S/C21H15Br2FN2/c22-15-11-9-14(10-12-15)19-13-21(16-5-1-3-7-18(16)24)26(25-19)20-8-4-2-6-17(20)23/h1-12,21H,13H2/t21-/m1/s1. The largest absolute Gasteiger partial charge is 0.256 e. The number of benzene rings is 3. The van der Waals surface area contributed by atoms with Crippen molar-refractivity contribution in [2.75, 3.05) is 5.01 Å². The molecule has 0 aliphatic carbocycles. The van der Waals surface area contributed by atoms with Gasteiger partial charge in [0, 0.05) is 20.9 Å². The van der Waals surface area contributed by atoms with Gasteiger partial charge in [-0.2, -0.15) is 5.10 Å². The second kappa shape index (κ2) is 7.33. The molecule has 130 valence electrons. The molecule has 0 aromatic heterocycles. The van der Waals surface area contributed by atoms with Crippen LogP contribution in [0.5, 0.6) is 0 Å². The van der Waals surface area contributed by atoms with Crippen molar-refractivity contribution in [1.82, 2.24) is 0 Å². The topological polar surface area (TPSA) is 15.6 Å². The van der Waals surface area contributed by atoms with Crippen molar-refractivity contribution in [3.63, 3.8) is 0 Å². The summed E-state index contributed by atoms with van der Waals surface area (Å²) in [6.45, 7) is 0. The zero-order valence-electron chi connectivity index (χ0n) is 13.7. The Morgan fingerprint density at radius 1 is 0.885 bits per heavy atom. The molecule has 2 nitrogen and oxygen atoms in total. The average molecular weight is 474 g/mol. The Balaban J connectivity index is 1.80. The highest BCUT2D eigenvalue weighted by Gasteiger charge is 2.32. The third-order valence-electron chi connectivity index (χ3n) is 4.45. The fourth-order valence-electron chi connectivity index (χ4n) is 3.17. The average Bonchev–Trinajstić information content (AvgIpc) is 3.08. The van der Waals surface area contributed by atoms with E-state index < -0.39 is 0 Å². The fraction of sp³-hybridized carbons (Fsp3) is 0.0952. The van der Waals surface area contributed by atoms with E-state index in [2.05, 4.69) is 31.9 Å². The van der Waals surface area contributed by atoms with Gasteiger partial charge in [0.05, 0.1) is 17.4 Å². The maximum Gasteiger partial charge on any atom is 0.128 e. The van der Waals surface area contributed by atoms with Gasteiger partial charge in [0.25, 0.3) is 0 Å². The first-order valence-corrected chi connectivity index (χ1v) is 9.83. The lowest BCUT2D eigenvalue weighted by Crippen LogP contribution is -2.20. The Bertz CT molecular complexity index is 970. The van der Waals surface area contributed by atoms with Gasteiger partial charge in [-0.05, 0) is 51.8 Å². The minimum Gasteiger partial charge on any atom is -0.256 e. The smallest absolute Gasteiger partial charge is 0.128 e. The van der Waals surface area contributed by atoms with Gasteiger partial charge < -0.3 is 0 Å². The summed E-state index contributed by atoms with van der Waals surface area (Å²) in [5, 5.41) is 6.77. The van der Waals surface area contributed by atoms with Crippen LogP contribution in [0.2, 0.25) is 0 Å². The lowest BCUT2D eigenvalue weighted by molar-refractivity contribution is 0.579. The summed E-state index contributed by atoms with van der Waals surface area (Å²) in [7, 11) is 0. The molecule has 5 heteroatoms. The Hall–Kier alpha value is -1.98. The van der Waals surface area contributed by atoms with Crippen LogP contribution in [0, 0.1) is 5.82 Å². The van der Waals surface area contributed by atoms with Crippen LogP contribution in [0.25, 0.3) is 0 Å². The minimum atomic E-state index is -0.207. The Morgan fingerprint density at radius 3 is 2.31 bits per heavy atom. The summed E-state index contributed by atoms with van der Waals surface area (Å²) < 4.78 is 16.5. The van der Waals surface area contributed by atoms with Gasteiger partial charge in [0.2, 0.25) is 0 Å². The predicted octanol–water partition coefficient (Wildman–Crippen LogP) is 6.71. The van der Waals surface area contributed by atoms with Crippen LogP contribution in [0.4, 0.5) is 10.1 Å². The molecule has 1 atom stereocenters. The molecule has 0 amide bonds. The number of nitrogens with zero attached hydrogens (tertiary/aromatic N) is 2. The van der Waals surface area contributed by atoms with Gasteiger partial charge in [-0.3, -0.25) is 5.01 Å². The summed E-state index contributed by atoms with van der Waals surface area (Å²) in [4.78, 5) is 0. The predicted molar refractivity (Wildman–Crippen MR) is 111 cm³/mol. The van der Waals surface area contributed by atoms with Crippen LogP contribution in [-0.4, -0.2) is 5.71 Å². The van der Waals surface area contributed by atoms with E-state index in [0.717, 1.165) is 25.9 Å². The number of para-hydroxylation sites is 1. The van der Waals surface area contributed by atoms with Gasteiger partial charge in [0.15, 0.2) is 0 Å². The van der Waals surface area contributed by atoms with Crippen molar-refractivity contribution < 1.29 is 4.39 Å². The van der Waals surface area contributed by atoms with Crippen molar-refractivity contribution in [2.24, 2.45) is 5.10 Å². The lowest BCUT2D eigenvalue weighted by atomic mass is 9.98. The maximum atomic E-state index is 14.5. The quantitative estimate of drug-likeness (QED) is 0.412. The van der Waals surface area contributed by atoms with E-state index in [9.17, 15) is 4.39 Å². The molecule has 26 heavy (non-hydrogen) atoms. The van der Waals surface area contributed by atoms with Crippen LogP contribution in [-0.2, 0) is 0 Å². The van der Waals surface area contributed by atoms with Crippen LogP contribution in [0.1, 0.15) is 23.6 Å². The van der Waals surface area contributed by atoms with E-state index in [1.165, 1.54) is 6.07 Å². The highest BCUT2D eigenvalue weighted by molar-refractivity contribution is 9.10. The third-order valence-corrected chi connectivity index (χ3v) is 5.65. The number of hydrogen-bond acceptors (Lipinski definition) is 2. The van der Waals surface area contributed by atoms with Crippen molar-refractivity contribution in [2.45, 2.75) is 12.5 Å². The van der Waals surface area contributed by atoms with Gasteiger partial charge in [0.1, 0.15) is 5.82 Å². The first kappa shape index (κ1) is 17.4. The number of halogens is 3. The second-order valence-electron chi connectivity index (χ2n) is 6.09. The van der Waals surface area contributed by atoms with Crippen molar-refractivity contribution in [3.8, 4) is 0 Å². The Morgan fingerprint density at radius 2 is 1.58 bits per heavy atom.